The highest BCUT2D eigenvalue weighted by Crippen LogP contribution is 2.37. The van der Waals surface area contributed by atoms with Crippen molar-refractivity contribution in [1.29, 1.82) is 0 Å². The molecule has 2 aromatic heterocycles. The number of rotatable bonds is 4. The van der Waals surface area contributed by atoms with E-state index in [-0.39, 0.29) is 33.9 Å². The van der Waals surface area contributed by atoms with E-state index in [0.717, 1.165) is 11.3 Å². The van der Waals surface area contributed by atoms with Crippen LogP contribution in [0.2, 0.25) is 5.15 Å². The zero-order valence-corrected chi connectivity index (χ0v) is 16.2. The Morgan fingerprint density at radius 3 is 2.23 bits per heavy atom. The summed E-state index contributed by atoms with van der Waals surface area (Å²) in [5, 5.41) is 2.54. The van der Waals surface area contributed by atoms with Gasteiger partial charge in [-0.15, -0.1) is 11.3 Å². The molecule has 1 N–H and O–H groups in total. The maximum absolute atomic E-state index is 13.0. The number of anilines is 1. The van der Waals surface area contributed by atoms with E-state index in [1.165, 1.54) is 24.5 Å². The number of carbonyl (C=O) groups excluding carboxylic acids is 1. The van der Waals surface area contributed by atoms with Gasteiger partial charge in [-0.1, -0.05) is 11.6 Å². The molecular formula is C18H10ClF6N3OS. The minimum atomic E-state index is -4.92. The number of hydrogen-bond donors (Lipinski definition) is 1. The van der Waals surface area contributed by atoms with Crippen LogP contribution in [0.25, 0.3) is 0 Å². The zero-order chi connectivity index (χ0) is 22.1. The maximum atomic E-state index is 13.0. The van der Waals surface area contributed by atoms with Crippen LogP contribution >= 0.6 is 22.9 Å². The lowest BCUT2D eigenvalue weighted by molar-refractivity contribution is -0.143. The molecule has 30 heavy (non-hydrogen) atoms. The summed E-state index contributed by atoms with van der Waals surface area (Å²) in [7, 11) is 0. The predicted octanol–water partition coefficient (Wildman–Crippen LogP) is 6.07. The molecule has 0 spiro atoms. The summed E-state index contributed by atoms with van der Waals surface area (Å²) in [4.78, 5) is 20.2. The highest BCUT2D eigenvalue weighted by molar-refractivity contribution is 7.15. The number of benzene rings is 1. The van der Waals surface area contributed by atoms with Crippen molar-refractivity contribution >= 4 is 34.0 Å². The monoisotopic (exact) mass is 465 g/mol. The van der Waals surface area contributed by atoms with Crippen molar-refractivity contribution in [3.8, 4) is 0 Å². The van der Waals surface area contributed by atoms with E-state index >= 15 is 0 Å². The molecule has 12 heteroatoms. The average Bonchev–Trinajstić information content (AvgIpc) is 3.07. The Balaban J connectivity index is 1.82. The van der Waals surface area contributed by atoms with Crippen LogP contribution in [0.1, 0.15) is 31.9 Å². The zero-order valence-electron chi connectivity index (χ0n) is 14.6. The van der Waals surface area contributed by atoms with Gasteiger partial charge in [0.25, 0.3) is 5.91 Å². The van der Waals surface area contributed by atoms with Crippen molar-refractivity contribution in [3.63, 3.8) is 0 Å². The van der Waals surface area contributed by atoms with Crippen molar-refractivity contribution in [2.45, 2.75) is 18.8 Å². The SMILES string of the molecule is O=C(Nc1ncc(Cc2cc(C(F)(F)F)cc(C(F)(F)F)c2)s1)c1cccnc1Cl. The van der Waals surface area contributed by atoms with E-state index in [1.54, 1.807) is 0 Å². The molecule has 2 heterocycles. The fraction of sp³-hybridized carbons (Fsp3) is 0.167. The third-order valence-corrected chi connectivity index (χ3v) is 5.02. The molecule has 1 aromatic carbocycles. The molecule has 0 saturated heterocycles. The van der Waals surface area contributed by atoms with E-state index in [0.29, 0.717) is 17.0 Å². The van der Waals surface area contributed by atoms with E-state index < -0.39 is 29.4 Å². The first-order valence-electron chi connectivity index (χ1n) is 8.08. The smallest absolute Gasteiger partial charge is 0.298 e. The Kier molecular flexibility index (Phi) is 6.04. The van der Waals surface area contributed by atoms with Gasteiger partial charge in [0.05, 0.1) is 16.7 Å². The van der Waals surface area contributed by atoms with Gasteiger partial charge in [-0.05, 0) is 35.9 Å². The molecule has 0 unspecified atom stereocenters. The Morgan fingerprint density at radius 1 is 1.03 bits per heavy atom. The van der Waals surface area contributed by atoms with Gasteiger partial charge in [0.1, 0.15) is 5.15 Å². The van der Waals surface area contributed by atoms with Crippen LogP contribution in [-0.2, 0) is 18.8 Å². The van der Waals surface area contributed by atoms with Crippen molar-refractivity contribution in [2.75, 3.05) is 5.32 Å². The Bertz CT molecular complexity index is 1050. The van der Waals surface area contributed by atoms with E-state index in [1.807, 2.05) is 0 Å². The molecule has 0 aliphatic rings. The quantitative estimate of drug-likeness (QED) is 0.376. The largest absolute Gasteiger partial charge is 0.416 e. The third-order valence-electron chi connectivity index (χ3n) is 3.80. The lowest BCUT2D eigenvalue weighted by Gasteiger charge is -2.13. The molecule has 0 fully saturated rings. The molecule has 0 atom stereocenters. The fourth-order valence-corrected chi connectivity index (χ4v) is 3.54. The summed E-state index contributed by atoms with van der Waals surface area (Å²) < 4.78 is 77.9. The van der Waals surface area contributed by atoms with Crippen molar-refractivity contribution in [2.24, 2.45) is 0 Å². The Labute approximate surface area is 174 Å². The van der Waals surface area contributed by atoms with Gasteiger partial charge in [0.2, 0.25) is 0 Å². The number of amides is 1. The number of halogens is 7. The van der Waals surface area contributed by atoms with Crippen molar-refractivity contribution < 1.29 is 31.1 Å². The van der Waals surface area contributed by atoms with Gasteiger partial charge in [-0.3, -0.25) is 10.1 Å². The number of hydrogen-bond acceptors (Lipinski definition) is 4. The fourth-order valence-electron chi connectivity index (χ4n) is 2.49. The summed E-state index contributed by atoms with van der Waals surface area (Å²) in [5.41, 5.74) is -2.88. The van der Waals surface area contributed by atoms with Crippen LogP contribution in [0.15, 0.2) is 42.7 Å². The van der Waals surface area contributed by atoms with Crippen LogP contribution in [-0.4, -0.2) is 15.9 Å². The van der Waals surface area contributed by atoms with Crippen LogP contribution < -0.4 is 5.32 Å². The maximum Gasteiger partial charge on any atom is 0.416 e. The van der Waals surface area contributed by atoms with Gasteiger partial charge in [-0.25, -0.2) is 9.97 Å². The molecule has 4 nitrogen and oxygen atoms in total. The molecule has 0 radical (unpaired) electrons. The number of thiazole rings is 1. The van der Waals surface area contributed by atoms with Gasteiger partial charge in [0, 0.05) is 23.7 Å². The second-order valence-electron chi connectivity index (χ2n) is 6.02. The first-order valence-corrected chi connectivity index (χ1v) is 9.28. The molecule has 0 saturated carbocycles. The molecule has 0 bridgehead atoms. The highest BCUT2D eigenvalue weighted by atomic mass is 35.5. The molecule has 0 aliphatic heterocycles. The Hall–Kier alpha value is -2.66. The van der Waals surface area contributed by atoms with E-state index in [4.69, 9.17) is 11.6 Å². The van der Waals surface area contributed by atoms with Gasteiger partial charge < -0.3 is 0 Å². The summed E-state index contributed by atoms with van der Waals surface area (Å²) in [6.45, 7) is 0. The highest BCUT2D eigenvalue weighted by Gasteiger charge is 2.36. The standard InChI is InChI=1S/C18H10ClF6N3OS/c19-14-13(2-1-3-26-14)15(29)28-16-27-8-12(30-16)6-9-4-10(17(20,21)22)7-11(5-9)18(23,24)25/h1-5,7-8H,6H2,(H,27,28,29). The lowest BCUT2D eigenvalue weighted by atomic mass is 10.0. The summed E-state index contributed by atoms with van der Waals surface area (Å²) in [6, 6.07) is 4.31. The molecule has 3 rings (SSSR count). The minimum absolute atomic E-state index is 0.0320. The number of carbonyl (C=O) groups is 1. The van der Waals surface area contributed by atoms with E-state index in [2.05, 4.69) is 15.3 Å². The number of nitrogens with one attached hydrogen (secondary N) is 1. The van der Waals surface area contributed by atoms with E-state index in [9.17, 15) is 31.1 Å². The van der Waals surface area contributed by atoms with Crippen LogP contribution in [0.5, 0.6) is 0 Å². The summed E-state index contributed by atoms with van der Waals surface area (Å²) in [5.74, 6) is -0.604. The normalized spacial score (nSPS) is 12.1. The molecule has 0 aliphatic carbocycles. The second kappa shape index (κ2) is 8.23. The average molecular weight is 466 g/mol. The minimum Gasteiger partial charge on any atom is -0.298 e. The summed E-state index contributed by atoms with van der Waals surface area (Å²) in [6.07, 6.45) is -7.42. The topological polar surface area (TPSA) is 54.9 Å². The number of alkyl halides is 6. The number of nitrogens with zero attached hydrogens (tertiary/aromatic N) is 2. The molecule has 1 amide bonds. The molecular weight excluding hydrogens is 456 g/mol. The third kappa shape index (κ3) is 5.28. The van der Waals surface area contributed by atoms with Crippen LogP contribution in [0.4, 0.5) is 31.5 Å². The Morgan fingerprint density at radius 2 is 1.67 bits per heavy atom. The number of pyridine rings is 1. The molecule has 158 valence electrons. The first-order chi connectivity index (χ1) is 13.9. The van der Waals surface area contributed by atoms with Crippen molar-refractivity contribution in [1.82, 2.24) is 9.97 Å². The van der Waals surface area contributed by atoms with Gasteiger partial charge in [0.15, 0.2) is 5.13 Å². The first kappa shape index (κ1) is 22.0. The number of aromatic nitrogens is 2. The van der Waals surface area contributed by atoms with Gasteiger partial charge >= 0.3 is 12.4 Å². The van der Waals surface area contributed by atoms with Crippen LogP contribution in [0, 0.1) is 0 Å². The molecule has 3 aromatic rings. The predicted molar refractivity (Wildman–Crippen MR) is 98.6 cm³/mol. The van der Waals surface area contributed by atoms with Crippen LogP contribution in [0.3, 0.4) is 0 Å². The van der Waals surface area contributed by atoms with Gasteiger partial charge in [-0.2, -0.15) is 26.3 Å². The summed E-state index contributed by atoms with van der Waals surface area (Å²) >= 11 is 6.74. The van der Waals surface area contributed by atoms with Crippen molar-refractivity contribution in [3.05, 3.63) is 75.0 Å². The second-order valence-corrected chi connectivity index (χ2v) is 7.49. The lowest BCUT2D eigenvalue weighted by Crippen LogP contribution is -2.12.